The lowest BCUT2D eigenvalue weighted by Crippen LogP contribution is -2.43. The number of unbranched alkanes of at least 4 members (excludes halogenated alkanes) is 4. The maximum atomic E-state index is 4.17. The van der Waals surface area contributed by atoms with Crippen LogP contribution in [0.25, 0.3) is 11.1 Å². The van der Waals surface area contributed by atoms with Gasteiger partial charge in [0.15, 0.2) is 0 Å². The van der Waals surface area contributed by atoms with Crippen molar-refractivity contribution in [1.29, 1.82) is 0 Å². The molecule has 0 N–H and O–H groups in total. The molecule has 4 heterocycles. The highest BCUT2D eigenvalue weighted by atomic mass is 32.3. The van der Waals surface area contributed by atoms with Gasteiger partial charge in [-0.25, -0.2) is 0 Å². The smallest absolute Gasteiger partial charge is 0.124 e. The van der Waals surface area contributed by atoms with Crippen molar-refractivity contribution in [2.24, 2.45) is 0 Å². The van der Waals surface area contributed by atoms with Crippen molar-refractivity contribution in [3.8, 4) is 45.9 Å². The fourth-order valence-electron chi connectivity index (χ4n) is 14.9. The van der Waals surface area contributed by atoms with Crippen LogP contribution in [0.4, 0.5) is 0 Å². The monoisotopic (exact) mass is 1620 g/mol. The molecule has 0 spiro atoms. The van der Waals surface area contributed by atoms with Crippen molar-refractivity contribution in [2.75, 3.05) is 23.0 Å². The van der Waals surface area contributed by atoms with Crippen molar-refractivity contribution in [2.45, 2.75) is 331 Å². The molecule has 1 aromatic carbocycles. The zero-order chi connectivity index (χ0) is 74.5. The van der Waals surface area contributed by atoms with Gasteiger partial charge in [-0.05, 0) is 139 Å². The van der Waals surface area contributed by atoms with Gasteiger partial charge in [0.1, 0.15) is 32.3 Å². The van der Waals surface area contributed by atoms with E-state index in [4.69, 9.17) is 0 Å². The second-order valence-electron chi connectivity index (χ2n) is 30.3. The van der Waals surface area contributed by atoms with Crippen molar-refractivity contribution in [3.05, 3.63) is 92.9 Å². The first kappa shape index (κ1) is 90.1. The van der Waals surface area contributed by atoms with E-state index in [-0.39, 0.29) is 0 Å². The third-order valence-corrected chi connectivity index (χ3v) is 62.8. The molecule has 0 unspecified atom stereocenters. The average molecular weight is 1630 g/mol. The first-order valence-electron chi connectivity index (χ1n) is 37.4. The predicted molar refractivity (Wildman–Crippen MR) is 485 cm³/mol. The van der Waals surface area contributed by atoms with E-state index in [0.29, 0.717) is 76.9 Å². The number of hydrogen-bond acceptors (Lipinski definition) is 12. The second-order valence-corrected chi connectivity index (χ2v) is 67.3. The van der Waals surface area contributed by atoms with E-state index in [2.05, 4.69) is 288 Å². The van der Waals surface area contributed by atoms with E-state index >= 15 is 0 Å². The summed E-state index contributed by atoms with van der Waals surface area (Å²) in [7, 11) is -9.11. The lowest BCUT2D eigenvalue weighted by molar-refractivity contribution is 0.838. The molecule has 0 nitrogen and oxygen atoms in total. The molecular formula is C84H120S12Si4. The summed E-state index contributed by atoms with van der Waals surface area (Å²) in [5.74, 6) is 20.4. The van der Waals surface area contributed by atoms with Crippen LogP contribution in [0.15, 0.2) is 53.5 Å². The summed E-state index contributed by atoms with van der Waals surface area (Å²) in [5.41, 5.74) is 23.4. The molecule has 0 aliphatic carbocycles. The van der Waals surface area contributed by atoms with E-state index in [1.807, 2.05) is 94.1 Å². The third kappa shape index (κ3) is 22.8. The summed E-state index contributed by atoms with van der Waals surface area (Å²) < 4.78 is 10.9. The van der Waals surface area contributed by atoms with Crippen LogP contribution >= 0.6 is 141 Å². The highest BCUT2D eigenvalue weighted by Crippen LogP contribution is 2.65. The summed E-state index contributed by atoms with van der Waals surface area (Å²) in [6.07, 6.45) is 9.55. The largest absolute Gasteiger partial charge is 0.146 e. The maximum absolute atomic E-state index is 4.17. The lowest BCUT2D eigenvalue weighted by atomic mass is 10.2. The Hall–Kier alpha value is -0.532. The van der Waals surface area contributed by atoms with Crippen LogP contribution in [-0.4, -0.2) is 55.3 Å². The Morgan fingerprint density at radius 3 is 0.600 bits per heavy atom. The fraction of sp³-hybridized carbons (Fsp3) is 0.619. The molecule has 0 amide bonds. The minimum Gasteiger partial charge on any atom is -0.124 e. The molecular weight excluding hydrogens is 1510 g/mol. The van der Waals surface area contributed by atoms with Gasteiger partial charge in [0.2, 0.25) is 0 Å². The highest BCUT2D eigenvalue weighted by Gasteiger charge is 2.45. The Balaban J connectivity index is 2.20. The molecule has 0 aromatic heterocycles. The van der Waals surface area contributed by atoms with Gasteiger partial charge >= 0.3 is 0 Å². The normalized spacial score (nSPS) is 14.8. The molecule has 0 atom stereocenters. The van der Waals surface area contributed by atoms with Crippen LogP contribution in [0.1, 0.15) is 245 Å². The minimum absolute atomic E-state index is 0.436. The van der Waals surface area contributed by atoms with Gasteiger partial charge in [-0.1, -0.05) is 362 Å². The second kappa shape index (κ2) is 43.0. The van der Waals surface area contributed by atoms with Gasteiger partial charge in [-0.2, -0.15) is 0 Å². The first-order valence-corrected chi connectivity index (χ1v) is 56.8. The van der Waals surface area contributed by atoms with Gasteiger partial charge in [0.25, 0.3) is 0 Å². The van der Waals surface area contributed by atoms with Gasteiger partial charge in [-0.15, -0.1) is 69.2 Å². The summed E-state index contributed by atoms with van der Waals surface area (Å²) in [5, 5.41) is 1.38. The zero-order valence-electron chi connectivity index (χ0n) is 66.3. The maximum Gasteiger partial charge on any atom is 0.146 e. The first-order chi connectivity index (χ1) is 47.3. The van der Waals surface area contributed by atoms with Gasteiger partial charge < -0.3 is 0 Å². The lowest BCUT2D eigenvalue weighted by Gasteiger charge is -2.38. The Bertz CT molecular complexity index is 3080. The Kier molecular flexibility index (Phi) is 38.8. The molecule has 0 saturated heterocycles. The van der Waals surface area contributed by atoms with Crippen LogP contribution < -0.4 is 10.4 Å². The summed E-state index contributed by atoms with van der Waals surface area (Å²) in [6.45, 7) is 67.0. The van der Waals surface area contributed by atoms with E-state index in [9.17, 15) is 0 Å². The Labute approximate surface area is 670 Å². The third-order valence-electron chi connectivity index (χ3n) is 20.3. The molecule has 0 bridgehead atoms. The topological polar surface area (TPSA) is 0 Å². The number of hydrogen-bond donors (Lipinski definition) is 0. The molecule has 5 rings (SSSR count). The van der Waals surface area contributed by atoms with Crippen LogP contribution in [0, 0.1) is 94.4 Å². The number of fused-ring (bicyclic) bond motifs is 2. The molecule has 0 radical (unpaired) electrons. The number of thioether (sulfide) groups is 12. The summed E-state index contributed by atoms with van der Waals surface area (Å²) in [4.78, 5) is 3.72. The average Bonchev–Trinajstić information content (AvgIpc) is 1.06. The van der Waals surface area contributed by atoms with Crippen LogP contribution in [-0.2, 0) is 0 Å². The summed E-state index contributed by atoms with van der Waals surface area (Å²) >= 11 is 23.1. The standard InChI is InChI=1S/C84H120S12Si4/c1-29-33-49-85-77-78(86-50-34-30-2)94-83(93-77)81-89-73-41-37-69(71(45-53-97(57(5)6,58(7)8)59(9)10)46-54-98(60(11)12,61(13)14)62(15)16)39-43-75-76(92-82(91-75)84-95-79(87-51-35-31-3)80(96-84)88-52-36-32-4)44-40-70(38-42-74(73)90-81)72(47-55-99(63(17)18,64(19)20)65(21)22)48-56-100(66(23)24,67(25)26)68(27)28/h57-68H,29-36,49-52H2,1-28H3. The molecule has 0 saturated carbocycles. The molecule has 4 aliphatic heterocycles. The van der Waals surface area contributed by atoms with Crippen molar-refractivity contribution in [3.63, 3.8) is 0 Å². The predicted octanol–water partition coefficient (Wildman–Crippen LogP) is 29.5. The molecule has 4 aliphatic rings. The highest BCUT2D eigenvalue weighted by molar-refractivity contribution is 8.43. The van der Waals surface area contributed by atoms with Crippen molar-refractivity contribution in [1.82, 2.24) is 0 Å². The molecule has 0 fully saturated rings. The minimum atomic E-state index is -2.28. The van der Waals surface area contributed by atoms with E-state index in [1.54, 1.807) is 47.0 Å². The van der Waals surface area contributed by atoms with Crippen molar-refractivity contribution < 1.29 is 0 Å². The van der Waals surface area contributed by atoms with E-state index in [1.165, 1.54) is 85.3 Å². The SMILES string of the molecule is CCCCSC1=C(SCCCC)SC(=C2Sc3c#cc(=C(C#C[Si](C(C)C)(C(C)C)C(C)C)C#C[Si](C(C)C)(C(C)C)C(C)C)c#cc4c(c#cc(=C(C#C[Si](C(C)C)(C(C)C)C(C)C)C#C[Si](C(C)C)(C(C)C)C(C)C)c#cc3S2)SC(=C2SC(SCCCC)=C(SCCCC)S2)S4)S1. The van der Waals surface area contributed by atoms with Gasteiger partial charge in [0, 0.05) is 0 Å². The van der Waals surface area contributed by atoms with Gasteiger partial charge in [0.05, 0.1) is 75.1 Å². The van der Waals surface area contributed by atoms with E-state index in [0.717, 1.165) is 53.7 Å². The molecule has 16 heteroatoms. The quantitative estimate of drug-likeness (QED) is 0.0446. The van der Waals surface area contributed by atoms with Crippen molar-refractivity contribution >= 4 is 185 Å². The number of rotatable bonds is 28. The Morgan fingerprint density at radius 1 is 0.270 bits per heavy atom. The molecule has 100 heavy (non-hydrogen) atoms. The molecule has 544 valence electrons. The van der Waals surface area contributed by atoms with Gasteiger partial charge in [-0.3, -0.25) is 0 Å². The Morgan fingerprint density at radius 2 is 0.440 bits per heavy atom. The van der Waals surface area contributed by atoms with Crippen LogP contribution in [0.2, 0.25) is 66.5 Å². The zero-order valence-corrected chi connectivity index (χ0v) is 80.1. The van der Waals surface area contributed by atoms with Crippen LogP contribution in [0.5, 0.6) is 0 Å². The van der Waals surface area contributed by atoms with Crippen LogP contribution in [0.3, 0.4) is 0 Å². The summed E-state index contributed by atoms with van der Waals surface area (Å²) in [6, 6.07) is 31.1. The fourth-order valence-corrected chi connectivity index (χ4v) is 53.2. The molecule has 1 aromatic rings. The van der Waals surface area contributed by atoms with E-state index < -0.39 is 32.3 Å².